The van der Waals surface area contributed by atoms with Crippen molar-refractivity contribution in [3.05, 3.63) is 27.1 Å². The smallest absolute Gasteiger partial charge is 0.248 e. The molecule has 0 aliphatic rings. The molecule has 3 N–H and O–H groups in total. The Hall–Kier alpha value is -0.770. The molecule has 0 amide bonds. The Labute approximate surface area is 114 Å². The van der Waals surface area contributed by atoms with E-state index in [9.17, 15) is 8.42 Å². The van der Waals surface area contributed by atoms with Crippen LogP contribution in [0.15, 0.2) is 32.3 Å². The zero-order valence-corrected chi connectivity index (χ0v) is 12.2. The van der Waals surface area contributed by atoms with Gasteiger partial charge < -0.3 is 0 Å². The van der Waals surface area contributed by atoms with Crippen LogP contribution >= 0.6 is 31.9 Å². The summed E-state index contributed by atoms with van der Waals surface area (Å²) in [5.74, 6) is 0.260. The highest BCUT2D eigenvalue weighted by atomic mass is 79.9. The van der Waals surface area contributed by atoms with E-state index in [1.165, 1.54) is 0 Å². The number of hydrogen-bond donors (Lipinski definition) is 2. The first-order valence-electron chi connectivity index (χ1n) is 4.28. The van der Waals surface area contributed by atoms with E-state index < -0.39 is 10.0 Å². The van der Waals surface area contributed by atoms with E-state index in [1.807, 2.05) is 6.07 Å². The molecule has 1 aromatic carbocycles. The Bertz CT molecular complexity index is 648. The van der Waals surface area contributed by atoms with Gasteiger partial charge in [0.15, 0.2) is 5.82 Å². The number of hydrogen-bond acceptors (Lipinski definition) is 4. The molecule has 17 heavy (non-hydrogen) atoms. The third kappa shape index (κ3) is 2.92. The molecule has 0 unspecified atom stereocenters. The molecule has 0 aliphatic carbocycles. The lowest BCUT2D eigenvalue weighted by atomic mass is 10.2. The molecule has 0 saturated carbocycles. The summed E-state index contributed by atoms with van der Waals surface area (Å²) in [6.45, 7) is 0. The lowest BCUT2D eigenvalue weighted by Gasteiger charge is -1.98. The van der Waals surface area contributed by atoms with Crippen LogP contribution in [0.25, 0.3) is 11.4 Å². The van der Waals surface area contributed by atoms with Gasteiger partial charge in [-0.05, 0) is 18.2 Å². The maximum atomic E-state index is 11.0. The van der Waals surface area contributed by atoms with Gasteiger partial charge in [-0.3, -0.25) is 0 Å². The Morgan fingerprint density at radius 2 is 1.76 bits per heavy atom. The van der Waals surface area contributed by atoms with E-state index in [0.717, 1.165) is 8.95 Å². The molecular weight excluding hydrogens is 376 g/mol. The quantitative estimate of drug-likeness (QED) is 0.825. The molecular formula is C8H6Br2N4O2S. The van der Waals surface area contributed by atoms with Gasteiger partial charge in [0.05, 0.1) is 0 Å². The minimum absolute atomic E-state index is 0.260. The molecule has 0 bridgehead atoms. The molecule has 0 aliphatic heterocycles. The number of sulfonamides is 1. The molecule has 0 atom stereocenters. The number of H-pyrrole nitrogens is 1. The zero-order valence-electron chi connectivity index (χ0n) is 8.18. The van der Waals surface area contributed by atoms with Crippen molar-refractivity contribution in [2.75, 3.05) is 0 Å². The van der Waals surface area contributed by atoms with Gasteiger partial charge in [-0.1, -0.05) is 31.9 Å². The van der Waals surface area contributed by atoms with Gasteiger partial charge in [0.2, 0.25) is 0 Å². The second kappa shape index (κ2) is 4.48. The first-order chi connectivity index (χ1) is 7.86. The van der Waals surface area contributed by atoms with Crippen LogP contribution in [0.2, 0.25) is 0 Å². The molecule has 0 saturated heterocycles. The summed E-state index contributed by atoms with van der Waals surface area (Å²) < 4.78 is 23.7. The Balaban J connectivity index is 2.51. The van der Waals surface area contributed by atoms with Crippen molar-refractivity contribution in [1.82, 2.24) is 15.2 Å². The normalized spacial score (nSPS) is 11.7. The fraction of sp³-hybridized carbons (Fsp3) is 0. The highest BCUT2D eigenvalue weighted by Gasteiger charge is 2.15. The standard InChI is InChI=1S/C8H6Br2N4O2S/c9-5-1-4(2-6(10)3-5)7-12-8(14-13-7)17(11,15)16/h1-3H,(H2,11,15,16)(H,12,13,14). The SMILES string of the molecule is NS(=O)(=O)c1nc(-c2cc(Br)cc(Br)c2)n[nH]1. The average Bonchev–Trinajstić information content (AvgIpc) is 2.63. The predicted molar refractivity (Wildman–Crippen MR) is 68.6 cm³/mol. The number of benzene rings is 1. The number of nitrogens with one attached hydrogen (secondary N) is 1. The Morgan fingerprint density at radius 3 is 2.24 bits per heavy atom. The molecule has 0 spiro atoms. The number of nitrogens with two attached hydrogens (primary N) is 1. The summed E-state index contributed by atoms with van der Waals surface area (Å²) >= 11 is 6.64. The van der Waals surface area contributed by atoms with Crippen LogP contribution < -0.4 is 5.14 Å². The number of aromatic amines is 1. The van der Waals surface area contributed by atoms with Crippen molar-refractivity contribution < 1.29 is 8.42 Å². The maximum Gasteiger partial charge on any atom is 0.273 e. The lowest BCUT2D eigenvalue weighted by molar-refractivity contribution is 0.589. The molecule has 1 aromatic heterocycles. The number of primary sulfonamides is 1. The average molecular weight is 382 g/mol. The first-order valence-corrected chi connectivity index (χ1v) is 7.41. The molecule has 9 heteroatoms. The Morgan fingerprint density at radius 1 is 1.18 bits per heavy atom. The van der Waals surface area contributed by atoms with Crippen LogP contribution in [0, 0.1) is 0 Å². The zero-order chi connectivity index (χ0) is 12.6. The van der Waals surface area contributed by atoms with E-state index in [4.69, 9.17) is 5.14 Å². The van der Waals surface area contributed by atoms with Crippen molar-refractivity contribution in [3.63, 3.8) is 0 Å². The minimum atomic E-state index is -3.86. The third-order valence-electron chi connectivity index (χ3n) is 1.86. The van der Waals surface area contributed by atoms with Crippen molar-refractivity contribution in [2.24, 2.45) is 5.14 Å². The molecule has 0 radical (unpaired) electrons. The number of aromatic nitrogens is 3. The summed E-state index contributed by atoms with van der Waals surface area (Å²) in [4.78, 5) is 3.81. The van der Waals surface area contributed by atoms with Crippen molar-refractivity contribution in [1.29, 1.82) is 0 Å². The van der Waals surface area contributed by atoms with E-state index in [-0.39, 0.29) is 11.0 Å². The monoisotopic (exact) mass is 380 g/mol. The second-order valence-electron chi connectivity index (χ2n) is 3.17. The van der Waals surface area contributed by atoms with E-state index in [0.29, 0.717) is 5.56 Å². The fourth-order valence-corrected chi connectivity index (χ4v) is 2.87. The molecule has 90 valence electrons. The Kier molecular flexibility index (Phi) is 3.34. The highest BCUT2D eigenvalue weighted by molar-refractivity contribution is 9.11. The van der Waals surface area contributed by atoms with Crippen LogP contribution in [0.3, 0.4) is 0 Å². The van der Waals surface area contributed by atoms with Crippen LogP contribution in [0.4, 0.5) is 0 Å². The van der Waals surface area contributed by atoms with E-state index >= 15 is 0 Å². The summed E-state index contributed by atoms with van der Waals surface area (Å²) in [6.07, 6.45) is 0. The number of nitrogens with zero attached hydrogens (tertiary/aromatic N) is 2. The third-order valence-corrected chi connectivity index (χ3v) is 3.49. The van der Waals surface area contributed by atoms with Crippen LogP contribution in [0.1, 0.15) is 0 Å². The molecule has 6 nitrogen and oxygen atoms in total. The minimum Gasteiger partial charge on any atom is -0.248 e. The number of rotatable bonds is 2. The van der Waals surface area contributed by atoms with Gasteiger partial charge >= 0.3 is 0 Å². The fourth-order valence-electron chi connectivity index (χ4n) is 1.19. The van der Waals surface area contributed by atoms with Crippen LogP contribution in [-0.2, 0) is 10.0 Å². The van der Waals surface area contributed by atoms with Crippen molar-refractivity contribution >= 4 is 41.9 Å². The highest BCUT2D eigenvalue weighted by Crippen LogP contribution is 2.25. The summed E-state index contributed by atoms with van der Waals surface area (Å²) in [5.41, 5.74) is 0.664. The van der Waals surface area contributed by atoms with Gasteiger partial charge in [-0.15, -0.1) is 0 Å². The summed E-state index contributed by atoms with van der Waals surface area (Å²) in [6, 6.07) is 5.37. The maximum absolute atomic E-state index is 11.0. The lowest BCUT2D eigenvalue weighted by Crippen LogP contribution is -2.13. The molecule has 1 heterocycles. The van der Waals surface area contributed by atoms with Crippen molar-refractivity contribution in [3.8, 4) is 11.4 Å². The summed E-state index contributed by atoms with van der Waals surface area (Å²) in [7, 11) is -3.86. The van der Waals surface area contributed by atoms with E-state index in [1.54, 1.807) is 12.1 Å². The topological polar surface area (TPSA) is 102 Å². The van der Waals surface area contributed by atoms with Gasteiger partial charge in [-0.25, -0.2) is 18.7 Å². The second-order valence-corrected chi connectivity index (χ2v) is 6.48. The summed E-state index contributed by atoms with van der Waals surface area (Å²) in [5, 5.41) is 10.6. The predicted octanol–water partition coefficient (Wildman–Crippen LogP) is 1.64. The largest absolute Gasteiger partial charge is 0.273 e. The van der Waals surface area contributed by atoms with Gasteiger partial charge in [0, 0.05) is 14.5 Å². The van der Waals surface area contributed by atoms with Crippen LogP contribution in [-0.4, -0.2) is 23.6 Å². The van der Waals surface area contributed by atoms with E-state index in [2.05, 4.69) is 47.0 Å². The first kappa shape index (κ1) is 12.7. The number of halogens is 2. The van der Waals surface area contributed by atoms with Gasteiger partial charge in [0.25, 0.3) is 15.2 Å². The van der Waals surface area contributed by atoms with Crippen molar-refractivity contribution in [2.45, 2.75) is 5.16 Å². The molecule has 2 rings (SSSR count). The van der Waals surface area contributed by atoms with Crippen LogP contribution in [0.5, 0.6) is 0 Å². The van der Waals surface area contributed by atoms with Gasteiger partial charge in [0.1, 0.15) is 0 Å². The molecule has 0 fully saturated rings. The van der Waals surface area contributed by atoms with Gasteiger partial charge in [-0.2, -0.15) is 10.1 Å². The molecule has 2 aromatic rings.